The van der Waals surface area contributed by atoms with Gasteiger partial charge in [0.2, 0.25) is 0 Å². The van der Waals surface area contributed by atoms with Crippen LogP contribution in [0.1, 0.15) is 37.1 Å². The van der Waals surface area contributed by atoms with Gasteiger partial charge >= 0.3 is 0 Å². The molecule has 1 heterocycles. The molecule has 1 aromatic heterocycles. The average molecular weight is 394 g/mol. The van der Waals surface area contributed by atoms with Crippen molar-refractivity contribution in [2.45, 2.75) is 32.1 Å². The first-order valence-electron chi connectivity index (χ1n) is 10.2. The van der Waals surface area contributed by atoms with E-state index in [0.717, 1.165) is 60.9 Å². The Kier molecular flexibility index (Phi) is 7.50. The van der Waals surface area contributed by atoms with Crippen molar-refractivity contribution in [1.82, 2.24) is 20.6 Å². The first-order chi connectivity index (χ1) is 14.2. The fourth-order valence-corrected chi connectivity index (χ4v) is 3.31. The monoisotopic (exact) mass is 393 g/mol. The molecule has 1 unspecified atom stereocenters. The second-order valence-corrected chi connectivity index (χ2v) is 7.19. The molecule has 0 aliphatic carbocycles. The fraction of sp³-hybridized carbons (Fsp3) is 0.391. The van der Waals surface area contributed by atoms with E-state index in [2.05, 4.69) is 50.7 Å². The molecule has 0 radical (unpaired) electrons. The number of ether oxygens (including phenoxy) is 1. The zero-order valence-electron chi connectivity index (χ0n) is 17.5. The molecular formula is C23H31N5O. The molecule has 0 fully saturated rings. The van der Waals surface area contributed by atoms with Crippen molar-refractivity contribution in [3.8, 4) is 5.75 Å². The highest BCUT2D eigenvalue weighted by atomic mass is 16.5. The molecule has 0 amide bonds. The summed E-state index contributed by atoms with van der Waals surface area (Å²) in [5.74, 6) is 3.24. The van der Waals surface area contributed by atoms with Crippen LogP contribution in [0.2, 0.25) is 0 Å². The van der Waals surface area contributed by atoms with Crippen molar-refractivity contribution < 1.29 is 4.74 Å². The molecular weight excluding hydrogens is 362 g/mol. The van der Waals surface area contributed by atoms with Crippen molar-refractivity contribution in [2.24, 2.45) is 4.99 Å². The third-order valence-electron chi connectivity index (χ3n) is 5.10. The maximum Gasteiger partial charge on any atom is 0.190 e. The lowest BCUT2D eigenvalue weighted by atomic mass is 9.98. The van der Waals surface area contributed by atoms with Crippen molar-refractivity contribution in [3.05, 3.63) is 59.9 Å². The first kappa shape index (κ1) is 20.7. The van der Waals surface area contributed by atoms with E-state index in [1.165, 1.54) is 5.56 Å². The van der Waals surface area contributed by atoms with E-state index in [-0.39, 0.29) is 0 Å². The molecule has 6 nitrogen and oxygen atoms in total. The van der Waals surface area contributed by atoms with Crippen LogP contribution in [0.15, 0.2) is 53.5 Å². The van der Waals surface area contributed by atoms with Gasteiger partial charge in [-0.2, -0.15) is 0 Å². The summed E-state index contributed by atoms with van der Waals surface area (Å²) in [6.07, 6.45) is 2.93. The maximum absolute atomic E-state index is 5.22. The number of fused-ring (bicyclic) bond motifs is 1. The minimum Gasteiger partial charge on any atom is -0.497 e. The number of aromatic nitrogens is 2. The topological polar surface area (TPSA) is 74.3 Å². The van der Waals surface area contributed by atoms with Gasteiger partial charge in [-0.25, -0.2) is 4.98 Å². The van der Waals surface area contributed by atoms with Crippen LogP contribution in [0.4, 0.5) is 0 Å². The van der Waals surface area contributed by atoms with E-state index >= 15 is 0 Å². The molecule has 0 spiro atoms. The van der Waals surface area contributed by atoms with Gasteiger partial charge in [0, 0.05) is 26.6 Å². The quantitative estimate of drug-likeness (QED) is 0.293. The van der Waals surface area contributed by atoms with Gasteiger partial charge in [-0.3, -0.25) is 4.99 Å². The standard InChI is InChI=1S/C23H31N5O/c1-17(18-10-12-19(29-3)13-11-18)14-16-26-23(24-2)25-15-6-9-22-27-20-7-4-5-8-21(20)28-22/h4-5,7-8,10-13,17H,6,9,14-16H2,1-3H3,(H,27,28)(H2,24,25,26). The van der Waals surface area contributed by atoms with Gasteiger partial charge in [-0.15, -0.1) is 0 Å². The number of para-hydroxylation sites is 2. The molecule has 3 aromatic rings. The molecule has 0 saturated carbocycles. The number of rotatable bonds is 9. The van der Waals surface area contributed by atoms with Gasteiger partial charge in [0.1, 0.15) is 11.6 Å². The van der Waals surface area contributed by atoms with Gasteiger partial charge < -0.3 is 20.4 Å². The highest BCUT2D eigenvalue weighted by Gasteiger charge is 2.07. The summed E-state index contributed by atoms with van der Waals surface area (Å²) in [6.45, 7) is 3.97. The molecule has 2 aromatic carbocycles. The molecule has 154 valence electrons. The van der Waals surface area contributed by atoms with E-state index in [1.54, 1.807) is 7.11 Å². The molecule has 0 aliphatic rings. The SMILES string of the molecule is CN=C(NCCCc1nc2ccccc2[nH]1)NCCC(C)c1ccc(OC)cc1. The summed E-state index contributed by atoms with van der Waals surface area (Å²) in [5.41, 5.74) is 3.44. The number of imidazole rings is 1. The minimum atomic E-state index is 0.472. The molecule has 3 rings (SSSR count). The Morgan fingerprint density at radius 2 is 1.86 bits per heavy atom. The molecule has 29 heavy (non-hydrogen) atoms. The Labute approximate surface area is 172 Å². The zero-order valence-corrected chi connectivity index (χ0v) is 17.5. The number of benzene rings is 2. The highest BCUT2D eigenvalue weighted by Crippen LogP contribution is 2.21. The Hall–Kier alpha value is -3.02. The molecule has 0 aliphatic heterocycles. The molecule has 3 N–H and O–H groups in total. The van der Waals surface area contributed by atoms with Gasteiger partial charge in [0.25, 0.3) is 0 Å². The van der Waals surface area contributed by atoms with E-state index < -0.39 is 0 Å². The van der Waals surface area contributed by atoms with Crippen LogP contribution in [-0.2, 0) is 6.42 Å². The molecule has 0 bridgehead atoms. The zero-order chi connectivity index (χ0) is 20.5. The Balaban J connectivity index is 1.35. The summed E-state index contributed by atoms with van der Waals surface area (Å²) in [7, 11) is 3.50. The lowest BCUT2D eigenvalue weighted by Crippen LogP contribution is -2.38. The number of hydrogen-bond donors (Lipinski definition) is 3. The minimum absolute atomic E-state index is 0.472. The number of aryl methyl sites for hydroxylation is 1. The molecule has 6 heteroatoms. The number of hydrogen-bond acceptors (Lipinski definition) is 3. The lowest BCUT2D eigenvalue weighted by molar-refractivity contribution is 0.414. The van der Waals surface area contributed by atoms with Crippen molar-refractivity contribution >= 4 is 17.0 Å². The summed E-state index contributed by atoms with van der Waals surface area (Å²) < 4.78 is 5.22. The van der Waals surface area contributed by atoms with Crippen LogP contribution in [0.5, 0.6) is 5.75 Å². The highest BCUT2D eigenvalue weighted by molar-refractivity contribution is 5.79. The predicted octanol–water partition coefficient (Wildman–Crippen LogP) is 3.86. The number of nitrogens with zero attached hydrogens (tertiary/aromatic N) is 2. The van der Waals surface area contributed by atoms with E-state index in [4.69, 9.17) is 4.74 Å². The van der Waals surface area contributed by atoms with Gasteiger partial charge in [-0.1, -0.05) is 31.2 Å². The van der Waals surface area contributed by atoms with Crippen LogP contribution in [0.25, 0.3) is 11.0 Å². The first-order valence-corrected chi connectivity index (χ1v) is 10.2. The Morgan fingerprint density at radius 3 is 2.59 bits per heavy atom. The fourth-order valence-electron chi connectivity index (χ4n) is 3.31. The van der Waals surface area contributed by atoms with Gasteiger partial charge in [0.15, 0.2) is 5.96 Å². The Morgan fingerprint density at radius 1 is 1.10 bits per heavy atom. The van der Waals surface area contributed by atoms with Crippen LogP contribution in [0, 0.1) is 0 Å². The van der Waals surface area contributed by atoms with Gasteiger partial charge in [-0.05, 0) is 48.6 Å². The second-order valence-electron chi connectivity index (χ2n) is 7.19. The van der Waals surface area contributed by atoms with Crippen molar-refractivity contribution in [3.63, 3.8) is 0 Å². The summed E-state index contributed by atoms with van der Waals surface area (Å²) >= 11 is 0. The van der Waals surface area contributed by atoms with Crippen LogP contribution in [0.3, 0.4) is 0 Å². The van der Waals surface area contributed by atoms with Crippen molar-refractivity contribution in [1.29, 1.82) is 0 Å². The predicted molar refractivity (Wildman–Crippen MR) is 120 cm³/mol. The third kappa shape index (κ3) is 5.98. The van der Waals surface area contributed by atoms with E-state index in [9.17, 15) is 0 Å². The summed E-state index contributed by atoms with van der Waals surface area (Å²) in [6, 6.07) is 16.4. The number of methoxy groups -OCH3 is 1. The lowest BCUT2D eigenvalue weighted by Gasteiger charge is -2.15. The number of aromatic amines is 1. The summed E-state index contributed by atoms with van der Waals surface area (Å²) in [5, 5.41) is 6.79. The third-order valence-corrected chi connectivity index (χ3v) is 5.10. The Bertz CT molecular complexity index is 883. The molecule has 0 saturated heterocycles. The van der Waals surface area contributed by atoms with Crippen LogP contribution >= 0.6 is 0 Å². The number of guanidine groups is 1. The van der Waals surface area contributed by atoms with Crippen molar-refractivity contribution in [2.75, 3.05) is 27.2 Å². The summed E-state index contributed by atoms with van der Waals surface area (Å²) in [4.78, 5) is 12.3. The number of aliphatic imine (C=N–C) groups is 1. The maximum atomic E-state index is 5.22. The van der Waals surface area contributed by atoms with Gasteiger partial charge in [0.05, 0.1) is 18.1 Å². The number of H-pyrrole nitrogens is 1. The van der Waals surface area contributed by atoms with E-state index in [1.807, 2.05) is 37.4 Å². The van der Waals surface area contributed by atoms with Crippen LogP contribution in [-0.4, -0.2) is 43.2 Å². The van der Waals surface area contributed by atoms with E-state index in [0.29, 0.717) is 5.92 Å². The normalized spacial score (nSPS) is 12.7. The number of nitrogens with one attached hydrogen (secondary N) is 3. The van der Waals surface area contributed by atoms with Crippen LogP contribution < -0.4 is 15.4 Å². The molecule has 1 atom stereocenters. The second kappa shape index (κ2) is 10.5. The largest absolute Gasteiger partial charge is 0.497 e. The smallest absolute Gasteiger partial charge is 0.190 e. The average Bonchev–Trinajstić information content (AvgIpc) is 3.18.